The molecule has 0 spiro atoms. The fourth-order valence-electron chi connectivity index (χ4n) is 2.02. The summed E-state index contributed by atoms with van der Waals surface area (Å²) in [6, 6.07) is 2.88. The molecule has 0 aliphatic rings. The lowest BCUT2D eigenvalue weighted by molar-refractivity contribution is 0.471. The van der Waals surface area contributed by atoms with E-state index in [9.17, 15) is 10.2 Å². The Morgan fingerprint density at radius 2 is 1.10 bits per heavy atom. The van der Waals surface area contributed by atoms with Gasteiger partial charge in [-0.2, -0.15) is 0 Å². The van der Waals surface area contributed by atoms with Gasteiger partial charge in [-0.3, -0.25) is 0 Å². The summed E-state index contributed by atoms with van der Waals surface area (Å²) in [4.78, 5) is 0. The van der Waals surface area contributed by atoms with Crippen LogP contribution >= 0.6 is 46.4 Å². The van der Waals surface area contributed by atoms with Gasteiger partial charge < -0.3 is 10.2 Å². The van der Waals surface area contributed by atoms with Gasteiger partial charge in [0.05, 0.1) is 10.0 Å². The van der Waals surface area contributed by atoms with Crippen LogP contribution in [0.3, 0.4) is 0 Å². The van der Waals surface area contributed by atoms with Gasteiger partial charge in [0.2, 0.25) is 0 Å². The first-order valence-corrected chi connectivity index (χ1v) is 7.58. The fraction of sp³-hybridized carbons (Fsp3) is 0.200. The van der Waals surface area contributed by atoms with Crippen molar-refractivity contribution in [1.29, 1.82) is 0 Å². The lowest BCUT2D eigenvalue weighted by Gasteiger charge is -2.15. The van der Waals surface area contributed by atoms with Crippen molar-refractivity contribution < 1.29 is 10.2 Å². The molecule has 2 aromatic carbocycles. The molecule has 0 aliphatic carbocycles. The van der Waals surface area contributed by atoms with Crippen LogP contribution < -0.4 is 0 Å². The summed E-state index contributed by atoms with van der Waals surface area (Å²) in [7, 11) is 0. The second-order valence-corrected chi connectivity index (χ2v) is 6.34. The van der Waals surface area contributed by atoms with Crippen LogP contribution in [-0.2, 0) is 6.42 Å². The number of phenols is 2. The van der Waals surface area contributed by atoms with Crippen molar-refractivity contribution in [1.82, 2.24) is 0 Å². The average molecular weight is 366 g/mol. The molecule has 0 radical (unpaired) electrons. The molecule has 0 bridgehead atoms. The predicted octanol–water partition coefficient (Wildman–Crippen LogP) is 5.92. The van der Waals surface area contributed by atoms with Gasteiger partial charge in [0.15, 0.2) is 0 Å². The van der Waals surface area contributed by atoms with Gasteiger partial charge in [0.25, 0.3) is 0 Å². The molecule has 0 atom stereocenters. The molecule has 2 aromatic rings. The first-order valence-electron chi connectivity index (χ1n) is 6.06. The molecule has 0 saturated heterocycles. The van der Waals surface area contributed by atoms with Crippen molar-refractivity contribution in [3.05, 3.63) is 54.5 Å². The summed E-state index contributed by atoms with van der Waals surface area (Å²) in [5.74, 6) is 0.0701. The summed E-state index contributed by atoms with van der Waals surface area (Å²) in [6.07, 6.45) is 0.303. The molecule has 0 aliphatic heterocycles. The standard InChI is InChI=1S/C15H12Cl4O2/c1-6-12(20)4-10(16)8(14(6)18)3-9-11(17)5-13(21)7(2)15(9)19/h4-5,20-21H,3H2,1-2H3. The topological polar surface area (TPSA) is 40.5 Å². The maximum atomic E-state index is 9.71. The second kappa shape index (κ2) is 6.13. The number of phenolic OH excluding ortho intramolecular Hbond substituents is 2. The van der Waals surface area contributed by atoms with E-state index in [0.717, 1.165) is 0 Å². The van der Waals surface area contributed by atoms with E-state index in [2.05, 4.69) is 0 Å². The molecule has 0 aromatic heterocycles. The van der Waals surface area contributed by atoms with E-state index >= 15 is 0 Å². The molecule has 2 rings (SSSR count). The first-order chi connectivity index (χ1) is 9.73. The Kier molecular flexibility index (Phi) is 4.84. The van der Waals surface area contributed by atoms with Crippen molar-refractivity contribution in [3.8, 4) is 11.5 Å². The van der Waals surface area contributed by atoms with Gasteiger partial charge in [0, 0.05) is 27.6 Å². The average Bonchev–Trinajstić information content (AvgIpc) is 2.42. The van der Waals surface area contributed by atoms with Gasteiger partial charge in [-0.15, -0.1) is 0 Å². The fourth-order valence-corrected chi connectivity index (χ4v) is 3.18. The molecular weight excluding hydrogens is 354 g/mol. The molecule has 0 heterocycles. The van der Waals surface area contributed by atoms with Crippen molar-refractivity contribution in [2.45, 2.75) is 20.3 Å². The molecule has 0 saturated carbocycles. The summed E-state index contributed by atoms with van der Waals surface area (Å²) in [5.41, 5.74) is 2.34. The lowest BCUT2D eigenvalue weighted by atomic mass is 10.00. The molecule has 0 fully saturated rings. The molecule has 21 heavy (non-hydrogen) atoms. The van der Waals surface area contributed by atoms with Crippen LogP contribution in [0.15, 0.2) is 12.1 Å². The molecule has 6 heteroatoms. The van der Waals surface area contributed by atoms with Crippen LogP contribution in [0.4, 0.5) is 0 Å². The van der Waals surface area contributed by atoms with Crippen molar-refractivity contribution >= 4 is 46.4 Å². The molecule has 2 N–H and O–H groups in total. The number of rotatable bonds is 2. The Labute approximate surface area is 142 Å². The van der Waals surface area contributed by atoms with E-state index in [0.29, 0.717) is 48.8 Å². The molecule has 112 valence electrons. The number of aromatic hydroxyl groups is 2. The van der Waals surface area contributed by atoms with E-state index < -0.39 is 0 Å². The van der Waals surface area contributed by atoms with Crippen LogP contribution in [0.1, 0.15) is 22.3 Å². The highest BCUT2D eigenvalue weighted by Crippen LogP contribution is 2.40. The van der Waals surface area contributed by atoms with E-state index in [1.807, 2.05) is 0 Å². The normalized spacial score (nSPS) is 11.0. The third kappa shape index (κ3) is 3.04. The van der Waals surface area contributed by atoms with Crippen molar-refractivity contribution in [2.24, 2.45) is 0 Å². The third-order valence-electron chi connectivity index (χ3n) is 3.41. The Bertz CT molecular complexity index is 665. The minimum Gasteiger partial charge on any atom is -0.508 e. The van der Waals surface area contributed by atoms with Crippen LogP contribution in [0.2, 0.25) is 20.1 Å². The number of benzene rings is 2. The van der Waals surface area contributed by atoms with Gasteiger partial charge in [-0.05, 0) is 37.1 Å². The van der Waals surface area contributed by atoms with Crippen LogP contribution in [0.25, 0.3) is 0 Å². The number of halogens is 4. The van der Waals surface area contributed by atoms with Gasteiger partial charge in [0.1, 0.15) is 11.5 Å². The summed E-state index contributed by atoms with van der Waals surface area (Å²) < 4.78 is 0. The highest BCUT2D eigenvalue weighted by atomic mass is 35.5. The summed E-state index contributed by atoms with van der Waals surface area (Å²) >= 11 is 24.8. The third-order valence-corrected chi connectivity index (χ3v) is 5.11. The Morgan fingerprint density at radius 1 is 0.762 bits per heavy atom. The lowest BCUT2D eigenvalue weighted by Crippen LogP contribution is -1.97. The van der Waals surface area contributed by atoms with Gasteiger partial charge in [-0.25, -0.2) is 0 Å². The maximum absolute atomic E-state index is 9.71. The van der Waals surface area contributed by atoms with Crippen LogP contribution in [0, 0.1) is 13.8 Å². The van der Waals surface area contributed by atoms with E-state index in [4.69, 9.17) is 46.4 Å². The maximum Gasteiger partial charge on any atom is 0.121 e. The molecule has 2 nitrogen and oxygen atoms in total. The number of hydrogen-bond acceptors (Lipinski definition) is 2. The minimum atomic E-state index is 0.0350. The van der Waals surface area contributed by atoms with Gasteiger partial charge >= 0.3 is 0 Å². The van der Waals surface area contributed by atoms with Crippen LogP contribution in [0.5, 0.6) is 11.5 Å². The largest absolute Gasteiger partial charge is 0.508 e. The molecular formula is C15H12Cl4O2. The first kappa shape index (κ1) is 16.6. The quantitative estimate of drug-likeness (QED) is 0.693. The Morgan fingerprint density at radius 3 is 1.43 bits per heavy atom. The monoisotopic (exact) mass is 364 g/mol. The minimum absolute atomic E-state index is 0.0350. The highest BCUT2D eigenvalue weighted by Gasteiger charge is 2.18. The molecule has 0 amide bonds. The van der Waals surface area contributed by atoms with E-state index in [-0.39, 0.29) is 11.5 Å². The van der Waals surface area contributed by atoms with E-state index in [1.165, 1.54) is 12.1 Å². The molecule has 0 unspecified atom stereocenters. The smallest absolute Gasteiger partial charge is 0.121 e. The highest BCUT2D eigenvalue weighted by molar-refractivity contribution is 6.38. The van der Waals surface area contributed by atoms with Crippen molar-refractivity contribution in [2.75, 3.05) is 0 Å². The second-order valence-electron chi connectivity index (χ2n) is 4.77. The van der Waals surface area contributed by atoms with Crippen LogP contribution in [-0.4, -0.2) is 10.2 Å². The predicted molar refractivity (Wildman–Crippen MR) is 88.5 cm³/mol. The zero-order valence-electron chi connectivity index (χ0n) is 11.3. The zero-order valence-corrected chi connectivity index (χ0v) is 14.3. The van der Waals surface area contributed by atoms with E-state index in [1.54, 1.807) is 13.8 Å². The number of hydrogen-bond donors (Lipinski definition) is 2. The van der Waals surface area contributed by atoms with Crippen molar-refractivity contribution in [3.63, 3.8) is 0 Å². The SMILES string of the molecule is Cc1c(O)cc(Cl)c(Cc2c(Cl)cc(O)c(C)c2Cl)c1Cl. The summed E-state index contributed by atoms with van der Waals surface area (Å²) in [6.45, 7) is 3.39. The zero-order chi connectivity index (χ0) is 15.9. The summed E-state index contributed by atoms with van der Waals surface area (Å²) in [5, 5.41) is 20.8. The van der Waals surface area contributed by atoms with Gasteiger partial charge in [-0.1, -0.05) is 46.4 Å². The Balaban J connectivity index is 2.59. The Hall–Kier alpha value is -0.800.